The molecule has 1 rings (SSSR count). The first-order valence-corrected chi connectivity index (χ1v) is 7.17. The van der Waals surface area contributed by atoms with Crippen molar-refractivity contribution in [3.63, 3.8) is 0 Å². The van der Waals surface area contributed by atoms with Crippen molar-refractivity contribution >= 4 is 11.8 Å². The van der Waals surface area contributed by atoms with Crippen LogP contribution in [0.4, 0.5) is 0 Å². The molecule has 0 amide bonds. The minimum atomic E-state index is 0.720. The van der Waals surface area contributed by atoms with E-state index in [0.29, 0.717) is 0 Å². The van der Waals surface area contributed by atoms with Crippen molar-refractivity contribution in [2.75, 3.05) is 11.5 Å². The first-order chi connectivity index (χ1) is 6.68. The van der Waals surface area contributed by atoms with E-state index in [0.717, 1.165) is 18.0 Å². The van der Waals surface area contributed by atoms with Crippen molar-refractivity contribution in [1.29, 1.82) is 0 Å². The summed E-state index contributed by atoms with van der Waals surface area (Å²) in [6.07, 6.45) is 5.48. The highest BCUT2D eigenvalue weighted by atomic mass is 32.2. The fourth-order valence-electron chi connectivity index (χ4n) is 1.98. The van der Waals surface area contributed by atoms with Gasteiger partial charge in [0.15, 0.2) is 0 Å². The molecule has 0 radical (unpaired) electrons. The van der Waals surface area contributed by atoms with Crippen LogP contribution in [0.2, 0.25) is 0 Å². The Morgan fingerprint density at radius 3 is 2.64 bits per heavy atom. The quantitative estimate of drug-likeness (QED) is 0.729. The molecule has 1 fully saturated rings. The Morgan fingerprint density at radius 1 is 1.29 bits per heavy atom. The maximum Gasteiger partial charge on any atom is 0.0168 e. The first kappa shape index (κ1) is 12.4. The van der Waals surface area contributed by atoms with Gasteiger partial charge < -0.3 is 5.32 Å². The Morgan fingerprint density at radius 2 is 2.07 bits per heavy atom. The number of rotatable bonds is 6. The summed E-state index contributed by atoms with van der Waals surface area (Å²) >= 11 is 2.09. The molecule has 2 unspecified atom stereocenters. The zero-order chi connectivity index (χ0) is 10.4. The van der Waals surface area contributed by atoms with Crippen LogP contribution in [0, 0.1) is 5.92 Å². The summed E-state index contributed by atoms with van der Waals surface area (Å²) in [6.45, 7) is 6.96. The SMILES string of the molecule is CC(C)CCCC(C)NC1CCSC1. The van der Waals surface area contributed by atoms with E-state index in [1.165, 1.54) is 37.2 Å². The second-order valence-corrected chi connectivity index (χ2v) is 6.10. The van der Waals surface area contributed by atoms with Crippen LogP contribution in [0.3, 0.4) is 0 Å². The Bertz CT molecular complexity index is 141. The second-order valence-electron chi connectivity index (χ2n) is 4.95. The van der Waals surface area contributed by atoms with Gasteiger partial charge in [-0.3, -0.25) is 0 Å². The predicted molar refractivity (Wildman–Crippen MR) is 67.0 cm³/mol. The molecule has 1 nitrogen and oxygen atoms in total. The van der Waals surface area contributed by atoms with Crippen molar-refractivity contribution in [3.8, 4) is 0 Å². The second kappa shape index (κ2) is 6.73. The van der Waals surface area contributed by atoms with Gasteiger partial charge in [-0.15, -0.1) is 0 Å². The molecular weight excluding hydrogens is 190 g/mol. The van der Waals surface area contributed by atoms with Crippen molar-refractivity contribution in [3.05, 3.63) is 0 Å². The van der Waals surface area contributed by atoms with Gasteiger partial charge >= 0.3 is 0 Å². The molecule has 0 bridgehead atoms. The normalized spacial score (nSPS) is 24.4. The van der Waals surface area contributed by atoms with Gasteiger partial charge in [0, 0.05) is 17.8 Å². The Hall–Kier alpha value is 0.310. The molecular formula is C12H25NS. The lowest BCUT2D eigenvalue weighted by atomic mass is 10.0. The summed E-state index contributed by atoms with van der Waals surface area (Å²) in [5.74, 6) is 3.55. The van der Waals surface area contributed by atoms with Crippen LogP contribution in [0.5, 0.6) is 0 Å². The zero-order valence-electron chi connectivity index (χ0n) is 9.88. The van der Waals surface area contributed by atoms with E-state index in [1.807, 2.05) is 0 Å². The third-order valence-electron chi connectivity index (χ3n) is 2.87. The fraction of sp³-hybridized carbons (Fsp3) is 1.00. The summed E-state index contributed by atoms with van der Waals surface area (Å²) in [4.78, 5) is 0. The molecule has 0 aromatic carbocycles. The first-order valence-electron chi connectivity index (χ1n) is 6.02. The molecule has 1 heterocycles. The van der Waals surface area contributed by atoms with E-state index in [9.17, 15) is 0 Å². The molecule has 14 heavy (non-hydrogen) atoms. The van der Waals surface area contributed by atoms with Crippen LogP contribution in [-0.4, -0.2) is 23.6 Å². The van der Waals surface area contributed by atoms with Gasteiger partial charge in [-0.25, -0.2) is 0 Å². The van der Waals surface area contributed by atoms with E-state index in [1.54, 1.807) is 0 Å². The lowest BCUT2D eigenvalue weighted by molar-refractivity contribution is 0.421. The Kier molecular flexibility index (Phi) is 5.95. The number of nitrogens with one attached hydrogen (secondary N) is 1. The average Bonchev–Trinajstić information content (AvgIpc) is 2.56. The van der Waals surface area contributed by atoms with Crippen LogP contribution in [0.1, 0.15) is 46.5 Å². The zero-order valence-corrected chi connectivity index (χ0v) is 10.7. The molecule has 2 atom stereocenters. The summed E-state index contributed by atoms with van der Waals surface area (Å²) in [7, 11) is 0. The highest BCUT2D eigenvalue weighted by Crippen LogP contribution is 2.18. The fourth-order valence-corrected chi connectivity index (χ4v) is 3.15. The highest BCUT2D eigenvalue weighted by molar-refractivity contribution is 7.99. The molecule has 84 valence electrons. The van der Waals surface area contributed by atoms with Crippen molar-refractivity contribution in [2.24, 2.45) is 5.92 Å². The van der Waals surface area contributed by atoms with Gasteiger partial charge in [-0.2, -0.15) is 11.8 Å². The molecule has 0 aromatic heterocycles. The smallest absolute Gasteiger partial charge is 0.0168 e. The van der Waals surface area contributed by atoms with Crippen molar-refractivity contribution < 1.29 is 0 Å². The Labute approximate surface area is 93.4 Å². The third-order valence-corrected chi connectivity index (χ3v) is 4.03. The molecule has 2 heteroatoms. The summed E-state index contributed by atoms with van der Waals surface area (Å²) in [5.41, 5.74) is 0. The molecule has 1 saturated heterocycles. The molecule has 0 saturated carbocycles. The van der Waals surface area contributed by atoms with E-state index in [-0.39, 0.29) is 0 Å². The maximum absolute atomic E-state index is 3.73. The Balaban J connectivity index is 2.00. The average molecular weight is 215 g/mol. The molecule has 0 aromatic rings. The van der Waals surface area contributed by atoms with Crippen molar-refractivity contribution in [1.82, 2.24) is 5.32 Å². The maximum atomic E-state index is 3.73. The van der Waals surface area contributed by atoms with Gasteiger partial charge in [0.05, 0.1) is 0 Å². The van der Waals surface area contributed by atoms with Crippen LogP contribution < -0.4 is 5.32 Å². The number of hydrogen-bond donors (Lipinski definition) is 1. The van der Waals surface area contributed by atoms with Crippen molar-refractivity contribution in [2.45, 2.75) is 58.5 Å². The van der Waals surface area contributed by atoms with Crippen LogP contribution >= 0.6 is 11.8 Å². The molecule has 1 aliphatic heterocycles. The predicted octanol–water partition coefficient (Wildman–Crippen LogP) is 3.30. The molecule has 1 aliphatic rings. The standard InChI is InChI=1S/C12H25NS/c1-10(2)5-4-6-11(3)13-12-7-8-14-9-12/h10-13H,4-9H2,1-3H3. The topological polar surface area (TPSA) is 12.0 Å². The van der Waals surface area contributed by atoms with Gasteiger partial charge in [-0.1, -0.05) is 26.7 Å². The van der Waals surface area contributed by atoms with Gasteiger partial charge in [-0.05, 0) is 31.4 Å². The largest absolute Gasteiger partial charge is 0.311 e. The summed E-state index contributed by atoms with van der Waals surface area (Å²) < 4.78 is 0. The summed E-state index contributed by atoms with van der Waals surface area (Å²) in [6, 6.07) is 1.52. The summed E-state index contributed by atoms with van der Waals surface area (Å²) in [5, 5.41) is 3.73. The van der Waals surface area contributed by atoms with Gasteiger partial charge in [0.1, 0.15) is 0 Å². The monoisotopic (exact) mass is 215 g/mol. The van der Waals surface area contributed by atoms with E-state index in [2.05, 4.69) is 37.8 Å². The third kappa shape index (κ3) is 5.26. The number of thioether (sulfide) groups is 1. The van der Waals surface area contributed by atoms with E-state index in [4.69, 9.17) is 0 Å². The molecule has 0 aliphatic carbocycles. The highest BCUT2D eigenvalue weighted by Gasteiger charge is 2.16. The van der Waals surface area contributed by atoms with Crippen LogP contribution in [0.15, 0.2) is 0 Å². The van der Waals surface area contributed by atoms with Gasteiger partial charge in [0.25, 0.3) is 0 Å². The van der Waals surface area contributed by atoms with E-state index >= 15 is 0 Å². The number of hydrogen-bond acceptors (Lipinski definition) is 2. The molecule has 0 spiro atoms. The van der Waals surface area contributed by atoms with Crippen LogP contribution in [0.25, 0.3) is 0 Å². The minimum absolute atomic E-state index is 0.720. The van der Waals surface area contributed by atoms with Crippen LogP contribution in [-0.2, 0) is 0 Å². The lowest BCUT2D eigenvalue weighted by Crippen LogP contribution is -2.36. The minimum Gasteiger partial charge on any atom is -0.311 e. The van der Waals surface area contributed by atoms with E-state index < -0.39 is 0 Å². The lowest BCUT2D eigenvalue weighted by Gasteiger charge is -2.18. The van der Waals surface area contributed by atoms with Gasteiger partial charge in [0.2, 0.25) is 0 Å². The molecule has 1 N–H and O–H groups in total.